The molecule has 0 aliphatic carbocycles. The summed E-state index contributed by atoms with van der Waals surface area (Å²) < 4.78 is 4.28. The van der Waals surface area contributed by atoms with Crippen LogP contribution in [0.3, 0.4) is 0 Å². The first-order valence-corrected chi connectivity index (χ1v) is 13.0. The second kappa shape index (κ2) is 10.0. The van der Waals surface area contributed by atoms with E-state index in [9.17, 15) is 19.6 Å². The lowest BCUT2D eigenvalue weighted by Crippen LogP contribution is -2.44. The number of aryl methyl sites for hydroxylation is 2. The predicted molar refractivity (Wildman–Crippen MR) is 150 cm³/mol. The van der Waals surface area contributed by atoms with Crippen molar-refractivity contribution in [1.29, 1.82) is 5.26 Å². The minimum Gasteiger partial charge on any atom is -0.356 e. The lowest BCUT2D eigenvalue weighted by molar-refractivity contribution is 0.0829. The zero-order chi connectivity index (χ0) is 28.0. The molecule has 1 aliphatic rings. The van der Waals surface area contributed by atoms with Crippen LogP contribution in [0.25, 0.3) is 21.9 Å². The minimum atomic E-state index is -0.589. The Kier molecular flexibility index (Phi) is 6.74. The second-order valence-electron chi connectivity index (χ2n) is 10.2. The van der Waals surface area contributed by atoms with Crippen LogP contribution in [0.4, 0.5) is 5.82 Å². The molecule has 39 heavy (non-hydrogen) atoms. The van der Waals surface area contributed by atoms with Crippen LogP contribution in [-0.4, -0.2) is 62.7 Å². The molecule has 2 N–H and O–H groups in total. The molecule has 1 saturated heterocycles. The number of hydrogen-bond acceptors (Lipinski definition) is 7. The average Bonchev–Trinajstić information content (AvgIpc) is 3.28. The fourth-order valence-corrected chi connectivity index (χ4v) is 5.55. The van der Waals surface area contributed by atoms with Gasteiger partial charge in [0.2, 0.25) is 0 Å². The molecule has 0 spiro atoms. The van der Waals surface area contributed by atoms with E-state index in [2.05, 4.69) is 16.0 Å². The van der Waals surface area contributed by atoms with Crippen molar-refractivity contribution in [2.24, 2.45) is 12.8 Å². The number of carbonyl (C=O) groups is 1. The average molecular weight is 529 g/mol. The molecule has 1 amide bonds. The molecule has 5 rings (SSSR count). The van der Waals surface area contributed by atoms with Gasteiger partial charge in [0.15, 0.2) is 0 Å². The van der Waals surface area contributed by atoms with Gasteiger partial charge in [-0.15, -0.1) is 0 Å². The molecule has 11 heteroatoms. The summed E-state index contributed by atoms with van der Waals surface area (Å²) in [6.07, 6.45) is 1.74. The zero-order valence-electron chi connectivity index (χ0n) is 22.6. The second-order valence-corrected chi connectivity index (χ2v) is 10.2. The van der Waals surface area contributed by atoms with E-state index in [-0.39, 0.29) is 24.0 Å². The first kappa shape index (κ1) is 26.2. The number of carbonyl (C=O) groups excluding carboxylic acids is 1. The monoisotopic (exact) mass is 528 g/mol. The number of rotatable bonds is 5. The Morgan fingerprint density at radius 3 is 2.62 bits per heavy atom. The molecular formula is C28H32N8O3. The maximum atomic E-state index is 14.1. The van der Waals surface area contributed by atoms with Crippen molar-refractivity contribution in [2.45, 2.75) is 38.9 Å². The molecule has 3 aromatic heterocycles. The Morgan fingerprint density at radius 1 is 1.21 bits per heavy atom. The van der Waals surface area contributed by atoms with E-state index in [1.165, 1.54) is 9.47 Å². The van der Waals surface area contributed by atoms with Gasteiger partial charge in [-0.05, 0) is 31.9 Å². The number of aromatic nitrogens is 4. The minimum absolute atomic E-state index is 0.0618. The Morgan fingerprint density at radius 2 is 1.95 bits per heavy atom. The van der Waals surface area contributed by atoms with Crippen LogP contribution in [0.15, 0.2) is 39.9 Å². The number of para-hydroxylation sites is 1. The lowest BCUT2D eigenvalue weighted by Gasteiger charge is -2.34. The first-order chi connectivity index (χ1) is 18.7. The SMILES string of the molecule is CCn1c(N2CCC[C@@H](N)C2)c(C(=O)N(C)C)c2c1c(=O)n(Cc1nc3ccccc3cc1C#N)c(=O)n2C. The summed E-state index contributed by atoms with van der Waals surface area (Å²) in [7, 11) is 4.87. The highest BCUT2D eigenvalue weighted by Crippen LogP contribution is 2.33. The van der Waals surface area contributed by atoms with Gasteiger partial charge in [0.1, 0.15) is 23.0 Å². The Labute approximate surface area is 225 Å². The van der Waals surface area contributed by atoms with Crippen molar-refractivity contribution < 1.29 is 4.79 Å². The van der Waals surface area contributed by atoms with Crippen LogP contribution in [0, 0.1) is 11.3 Å². The van der Waals surface area contributed by atoms with Gasteiger partial charge in [-0.1, -0.05) is 18.2 Å². The number of piperidine rings is 1. The van der Waals surface area contributed by atoms with Gasteiger partial charge in [-0.25, -0.2) is 9.78 Å². The Bertz CT molecular complexity index is 1770. The summed E-state index contributed by atoms with van der Waals surface area (Å²) in [5.41, 5.74) is 7.33. The van der Waals surface area contributed by atoms with Crippen LogP contribution in [0.5, 0.6) is 0 Å². The van der Waals surface area contributed by atoms with Crippen LogP contribution in [0.1, 0.15) is 41.4 Å². The standard InChI is InChI=1S/C28H32N8O3/c1-5-35-24-23(22(26(37)32(2)3)25(35)34-12-8-10-19(30)15-34)33(4)28(39)36(27(24)38)16-21-18(14-29)13-17-9-6-7-11-20(17)31-21/h6-7,9,11,13,19H,5,8,10,12,15-16,30H2,1-4H3/t19-/m1/s1. The highest BCUT2D eigenvalue weighted by molar-refractivity contribution is 6.10. The third kappa shape index (κ3) is 4.27. The fraction of sp³-hybridized carbons (Fsp3) is 0.393. The van der Waals surface area contributed by atoms with Gasteiger partial charge in [0.25, 0.3) is 11.5 Å². The van der Waals surface area contributed by atoms with Gasteiger partial charge in [-0.3, -0.25) is 18.7 Å². The maximum absolute atomic E-state index is 14.1. The number of nitrogens with zero attached hydrogens (tertiary/aromatic N) is 7. The number of anilines is 1. The van der Waals surface area contributed by atoms with E-state index < -0.39 is 11.2 Å². The van der Waals surface area contributed by atoms with E-state index in [4.69, 9.17) is 5.73 Å². The van der Waals surface area contributed by atoms with Crippen LogP contribution < -0.4 is 21.9 Å². The normalized spacial score (nSPS) is 15.6. The number of fused-ring (bicyclic) bond motifs is 2. The summed E-state index contributed by atoms with van der Waals surface area (Å²) in [4.78, 5) is 49.5. The summed E-state index contributed by atoms with van der Waals surface area (Å²) >= 11 is 0. The van der Waals surface area contributed by atoms with E-state index in [0.717, 1.165) is 22.8 Å². The van der Waals surface area contributed by atoms with E-state index in [0.29, 0.717) is 53.3 Å². The molecule has 0 radical (unpaired) electrons. The number of amides is 1. The first-order valence-electron chi connectivity index (χ1n) is 13.0. The van der Waals surface area contributed by atoms with Crippen molar-refractivity contribution in [2.75, 3.05) is 32.1 Å². The van der Waals surface area contributed by atoms with Crippen LogP contribution in [0.2, 0.25) is 0 Å². The molecule has 202 valence electrons. The number of hydrogen-bond donors (Lipinski definition) is 1. The highest BCUT2D eigenvalue weighted by atomic mass is 16.2. The summed E-state index contributed by atoms with van der Waals surface area (Å²) in [6, 6.07) is 11.2. The zero-order valence-corrected chi connectivity index (χ0v) is 22.6. The lowest BCUT2D eigenvalue weighted by atomic mass is 10.1. The van der Waals surface area contributed by atoms with Gasteiger partial charge < -0.3 is 20.1 Å². The topological polar surface area (TPSA) is 135 Å². The van der Waals surface area contributed by atoms with Gasteiger partial charge in [-0.2, -0.15) is 5.26 Å². The van der Waals surface area contributed by atoms with Crippen molar-refractivity contribution >= 4 is 33.7 Å². The predicted octanol–water partition coefficient (Wildman–Crippen LogP) is 1.62. The van der Waals surface area contributed by atoms with E-state index in [1.54, 1.807) is 27.2 Å². The molecule has 11 nitrogen and oxygen atoms in total. The van der Waals surface area contributed by atoms with Gasteiger partial charge >= 0.3 is 5.69 Å². The molecule has 0 saturated carbocycles. The molecular weight excluding hydrogens is 496 g/mol. The van der Waals surface area contributed by atoms with Gasteiger partial charge in [0.05, 0.1) is 28.8 Å². The Hall–Kier alpha value is -4.43. The van der Waals surface area contributed by atoms with Crippen LogP contribution in [-0.2, 0) is 20.1 Å². The smallest absolute Gasteiger partial charge is 0.331 e. The van der Waals surface area contributed by atoms with Crippen molar-refractivity contribution in [3.63, 3.8) is 0 Å². The summed E-state index contributed by atoms with van der Waals surface area (Å²) in [5.74, 6) is 0.309. The molecule has 4 heterocycles. The third-order valence-corrected chi connectivity index (χ3v) is 7.44. The van der Waals surface area contributed by atoms with Crippen LogP contribution >= 0.6 is 0 Å². The summed E-state index contributed by atoms with van der Waals surface area (Å²) in [6.45, 7) is 3.36. The van der Waals surface area contributed by atoms with Crippen molar-refractivity contribution in [3.8, 4) is 6.07 Å². The summed E-state index contributed by atoms with van der Waals surface area (Å²) in [5, 5.41) is 10.6. The van der Waals surface area contributed by atoms with Crippen molar-refractivity contribution in [1.82, 2.24) is 23.6 Å². The molecule has 1 aromatic carbocycles. The largest absolute Gasteiger partial charge is 0.356 e. The third-order valence-electron chi connectivity index (χ3n) is 7.44. The molecule has 0 unspecified atom stereocenters. The Balaban J connectivity index is 1.80. The number of pyridine rings is 1. The number of nitriles is 1. The number of nitrogens with two attached hydrogens (primary N) is 1. The molecule has 1 fully saturated rings. The van der Waals surface area contributed by atoms with E-state index in [1.807, 2.05) is 35.8 Å². The molecule has 1 aliphatic heterocycles. The quantitative estimate of drug-likeness (QED) is 0.416. The molecule has 1 atom stereocenters. The molecule has 4 aromatic rings. The number of benzene rings is 1. The molecule has 0 bridgehead atoms. The van der Waals surface area contributed by atoms with Gasteiger partial charge in [0, 0.05) is 52.2 Å². The van der Waals surface area contributed by atoms with E-state index >= 15 is 0 Å². The highest BCUT2D eigenvalue weighted by Gasteiger charge is 2.33. The van der Waals surface area contributed by atoms with Crippen molar-refractivity contribution in [3.05, 3.63) is 68.0 Å². The maximum Gasteiger partial charge on any atom is 0.331 e. The fourth-order valence-electron chi connectivity index (χ4n) is 5.55.